The second kappa shape index (κ2) is 5.70. The van der Waals surface area contributed by atoms with Gasteiger partial charge in [-0.05, 0) is 24.1 Å². The summed E-state index contributed by atoms with van der Waals surface area (Å²) in [5.74, 6) is 0. The summed E-state index contributed by atoms with van der Waals surface area (Å²) in [6.45, 7) is 0.508. The van der Waals surface area contributed by atoms with Crippen molar-refractivity contribution in [1.29, 1.82) is 0 Å². The number of benzene rings is 1. The van der Waals surface area contributed by atoms with Crippen LogP contribution in [0.1, 0.15) is 23.6 Å². The summed E-state index contributed by atoms with van der Waals surface area (Å²) < 4.78 is 38.1. The van der Waals surface area contributed by atoms with E-state index in [9.17, 15) is 18.0 Å². The Hall–Kier alpha value is -1.76. The number of alkyl halides is 3. The van der Waals surface area contributed by atoms with Crippen LogP contribution in [0, 0.1) is 0 Å². The largest absolute Gasteiger partial charge is 0.416 e. The summed E-state index contributed by atoms with van der Waals surface area (Å²) in [4.78, 5) is 13.1. The van der Waals surface area contributed by atoms with Crippen LogP contribution < -0.4 is 5.32 Å². The molecule has 2 rings (SSSR count). The number of urea groups is 1. The molecule has 4 nitrogen and oxygen atoms in total. The van der Waals surface area contributed by atoms with E-state index in [1.54, 1.807) is 6.07 Å². The van der Waals surface area contributed by atoms with Crippen LogP contribution in [0.5, 0.6) is 0 Å². The van der Waals surface area contributed by atoms with Crippen LogP contribution in [0.2, 0.25) is 0 Å². The van der Waals surface area contributed by atoms with Gasteiger partial charge >= 0.3 is 12.2 Å². The molecule has 1 atom stereocenters. The molecule has 0 spiro atoms. The Morgan fingerprint density at radius 2 is 2.15 bits per heavy atom. The number of aliphatic hydroxyl groups is 1. The van der Waals surface area contributed by atoms with E-state index in [0.29, 0.717) is 18.5 Å². The van der Waals surface area contributed by atoms with E-state index in [0.717, 1.165) is 12.1 Å². The SMILES string of the molecule is O=C1NCC(c2cccc(C(F)(F)F)c2)N1CCCO. The molecule has 0 saturated carbocycles. The van der Waals surface area contributed by atoms with Gasteiger partial charge in [-0.1, -0.05) is 12.1 Å². The van der Waals surface area contributed by atoms with E-state index < -0.39 is 17.8 Å². The number of nitrogens with zero attached hydrogens (tertiary/aromatic N) is 1. The molecule has 1 aromatic rings. The van der Waals surface area contributed by atoms with Gasteiger partial charge in [0.15, 0.2) is 0 Å². The van der Waals surface area contributed by atoms with Crippen molar-refractivity contribution in [1.82, 2.24) is 10.2 Å². The fourth-order valence-electron chi connectivity index (χ4n) is 2.26. The highest BCUT2D eigenvalue weighted by Gasteiger charge is 2.34. The summed E-state index contributed by atoms with van der Waals surface area (Å²) in [6.07, 6.45) is -4.01. The first-order valence-electron chi connectivity index (χ1n) is 6.26. The van der Waals surface area contributed by atoms with Crippen LogP contribution in [0.3, 0.4) is 0 Å². The van der Waals surface area contributed by atoms with E-state index in [4.69, 9.17) is 5.11 Å². The normalized spacial score (nSPS) is 19.3. The van der Waals surface area contributed by atoms with Crippen molar-refractivity contribution in [2.45, 2.75) is 18.6 Å². The molecule has 1 unspecified atom stereocenters. The smallest absolute Gasteiger partial charge is 0.396 e. The fraction of sp³-hybridized carbons (Fsp3) is 0.462. The second-order valence-electron chi connectivity index (χ2n) is 4.60. The first kappa shape index (κ1) is 14.6. The first-order valence-corrected chi connectivity index (χ1v) is 6.26. The molecule has 0 bridgehead atoms. The van der Waals surface area contributed by atoms with Gasteiger partial charge in [0.1, 0.15) is 0 Å². The van der Waals surface area contributed by atoms with Crippen LogP contribution in [0.15, 0.2) is 24.3 Å². The molecule has 1 aliphatic heterocycles. The Morgan fingerprint density at radius 3 is 2.80 bits per heavy atom. The number of hydrogen-bond acceptors (Lipinski definition) is 2. The fourth-order valence-corrected chi connectivity index (χ4v) is 2.26. The molecule has 2 amide bonds. The second-order valence-corrected chi connectivity index (χ2v) is 4.60. The van der Waals surface area contributed by atoms with Crippen molar-refractivity contribution in [2.24, 2.45) is 0 Å². The van der Waals surface area contributed by atoms with E-state index in [2.05, 4.69) is 5.32 Å². The molecular formula is C13H15F3N2O2. The number of carbonyl (C=O) groups is 1. The highest BCUT2D eigenvalue weighted by atomic mass is 19.4. The molecule has 0 aliphatic carbocycles. The van der Waals surface area contributed by atoms with Crippen LogP contribution in [-0.4, -0.2) is 35.7 Å². The lowest BCUT2D eigenvalue weighted by molar-refractivity contribution is -0.137. The summed E-state index contributed by atoms with van der Waals surface area (Å²) >= 11 is 0. The average Bonchev–Trinajstić information content (AvgIpc) is 2.77. The molecule has 2 N–H and O–H groups in total. The molecule has 1 aliphatic rings. The maximum Gasteiger partial charge on any atom is 0.416 e. The van der Waals surface area contributed by atoms with Crippen molar-refractivity contribution >= 4 is 6.03 Å². The number of carbonyl (C=O) groups excluding carboxylic acids is 1. The molecule has 1 saturated heterocycles. The van der Waals surface area contributed by atoms with Gasteiger partial charge in [0.05, 0.1) is 11.6 Å². The lowest BCUT2D eigenvalue weighted by Gasteiger charge is -2.23. The molecule has 0 aromatic heterocycles. The van der Waals surface area contributed by atoms with Gasteiger partial charge in [-0.3, -0.25) is 0 Å². The standard InChI is InChI=1S/C13H15F3N2O2/c14-13(15,16)10-4-1-3-9(7-10)11-8-17-12(20)18(11)5-2-6-19/h1,3-4,7,11,19H,2,5-6,8H2,(H,17,20). The number of amides is 2. The summed E-state index contributed by atoms with van der Waals surface area (Å²) in [7, 11) is 0. The number of hydrogen-bond donors (Lipinski definition) is 2. The Balaban J connectivity index is 2.24. The molecule has 7 heteroatoms. The van der Waals surface area contributed by atoms with Gasteiger partial charge in [-0.2, -0.15) is 13.2 Å². The molecular weight excluding hydrogens is 273 g/mol. The third-order valence-corrected chi connectivity index (χ3v) is 3.24. The van der Waals surface area contributed by atoms with Gasteiger partial charge in [-0.25, -0.2) is 4.79 Å². The Bertz CT molecular complexity index is 491. The predicted molar refractivity (Wildman–Crippen MR) is 66.0 cm³/mol. The molecule has 1 heterocycles. The zero-order valence-electron chi connectivity index (χ0n) is 10.7. The predicted octanol–water partition coefficient (Wildman–Crippen LogP) is 2.15. The monoisotopic (exact) mass is 288 g/mol. The van der Waals surface area contributed by atoms with Crippen LogP contribution >= 0.6 is 0 Å². The Kier molecular flexibility index (Phi) is 4.17. The number of rotatable bonds is 4. The van der Waals surface area contributed by atoms with Gasteiger partial charge in [0, 0.05) is 19.7 Å². The lowest BCUT2D eigenvalue weighted by Crippen LogP contribution is -2.31. The quantitative estimate of drug-likeness (QED) is 0.892. The van der Waals surface area contributed by atoms with Crippen molar-refractivity contribution in [3.05, 3.63) is 35.4 Å². The summed E-state index contributed by atoms with van der Waals surface area (Å²) in [5, 5.41) is 11.4. The van der Waals surface area contributed by atoms with Crippen LogP contribution in [0.4, 0.5) is 18.0 Å². The topological polar surface area (TPSA) is 52.6 Å². The van der Waals surface area contributed by atoms with Crippen molar-refractivity contribution in [2.75, 3.05) is 19.7 Å². The number of aliphatic hydroxyl groups excluding tert-OH is 1. The molecule has 20 heavy (non-hydrogen) atoms. The van der Waals surface area contributed by atoms with Crippen LogP contribution in [0.25, 0.3) is 0 Å². The maximum absolute atomic E-state index is 12.7. The summed E-state index contributed by atoms with van der Waals surface area (Å²) in [5.41, 5.74) is -0.285. The van der Waals surface area contributed by atoms with Crippen LogP contribution in [-0.2, 0) is 6.18 Å². The highest BCUT2D eigenvalue weighted by molar-refractivity contribution is 5.77. The van der Waals surface area contributed by atoms with E-state index in [1.165, 1.54) is 11.0 Å². The third-order valence-electron chi connectivity index (χ3n) is 3.24. The third kappa shape index (κ3) is 3.04. The lowest BCUT2D eigenvalue weighted by atomic mass is 10.0. The van der Waals surface area contributed by atoms with Gasteiger partial charge in [-0.15, -0.1) is 0 Å². The minimum absolute atomic E-state index is 0.0703. The minimum atomic E-state index is -4.40. The molecule has 1 fully saturated rings. The van der Waals surface area contributed by atoms with Crippen molar-refractivity contribution in [3.8, 4) is 0 Å². The van der Waals surface area contributed by atoms with Crippen molar-refractivity contribution < 1.29 is 23.1 Å². The minimum Gasteiger partial charge on any atom is -0.396 e. The highest BCUT2D eigenvalue weighted by Crippen LogP contribution is 2.32. The van der Waals surface area contributed by atoms with E-state index >= 15 is 0 Å². The zero-order valence-corrected chi connectivity index (χ0v) is 10.7. The zero-order chi connectivity index (χ0) is 14.8. The van der Waals surface area contributed by atoms with E-state index in [1.807, 2.05) is 0 Å². The molecule has 0 radical (unpaired) electrons. The van der Waals surface area contributed by atoms with Gasteiger partial charge < -0.3 is 15.3 Å². The first-order chi connectivity index (χ1) is 9.43. The Morgan fingerprint density at radius 1 is 1.40 bits per heavy atom. The number of nitrogens with one attached hydrogen (secondary N) is 1. The Labute approximate surface area is 114 Å². The molecule has 1 aromatic carbocycles. The van der Waals surface area contributed by atoms with Crippen molar-refractivity contribution in [3.63, 3.8) is 0 Å². The maximum atomic E-state index is 12.7. The number of halogens is 3. The van der Waals surface area contributed by atoms with Gasteiger partial charge in [0.2, 0.25) is 0 Å². The van der Waals surface area contributed by atoms with Gasteiger partial charge in [0.25, 0.3) is 0 Å². The van der Waals surface area contributed by atoms with E-state index in [-0.39, 0.29) is 19.2 Å². The summed E-state index contributed by atoms with van der Waals surface area (Å²) in [6, 6.07) is 4.23. The molecule has 110 valence electrons. The average molecular weight is 288 g/mol.